The molecule has 23 heavy (non-hydrogen) atoms. The van der Waals surface area contributed by atoms with E-state index in [0.29, 0.717) is 17.2 Å². The predicted molar refractivity (Wildman–Crippen MR) is 85.4 cm³/mol. The molecule has 0 saturated heterocycles. The maximum absolute atomic E-state index is 11.2. The second-order valence-corrected chi connectivity index (χ2v) is 5.05. The van der Waals surface area contributed by atoms with Crippen LogP contribution in [0.3, 0.4) is 0 Å². The van der Waals surface area contributed by atoms with Gasteiger partial charge < -0.3 is 20.2 Å². The lowest BCUT2D eigenvalue weighted by atomic mass is 10.2. The molecule has 0 spiro atoms. The highest BCUT2D eigenvalue weighted by atomic mass is 16.5. The number of rotatable bonds is 5. The number of nitrogens with one attached hydrogen (secondary N) is 1. The number of hydrogen-bond acceptors (Lipinski definition) is 6. The molecule has 0 fully saturated rings. The number of anilines is 1. The van der Waals surface area contributed by atoms with Crippen LogP contribution in [-0.4, -0.2) is 23.0 Å². The SMILES string of the molecule is COc1cccc2cc(C(C)Nc3cncc(C(N)=O)n3)oc12. The maximum atomic E-state index is 11.2. The molecule has 3 N–H and O–H groups in total. The van der Waals surface area contributed by atoms with Gasteiger partial charge in [0, 0.05) is 5.39 Å². The summed E-state index contributed by atoms with van der Waals surface area (Å²) in [6.07, 6.45) is 2.84. The summed E-state index contributed by atoms with van der Waals surface area (Å²) in [7, 11) is 1.60. The van der Waals surface area contributed by atoms with Gasteiger partial charge in [-0.05, 0) is 19.1 Å². The van der Waals surface area contributed by atoms with Crippen molar-refractivity contribution in [3.63, 3.8) is 0 Å². The average molecular weight is 312 g/mol. The molecule has 1 amide bonds. The predicted octanol–water partition coefficient (Wildman–Crippen LogP) is 2.50. The molecule has 0 saturated carbocycles. The van der Waals surface area contributed by atoms with E-state index in [4.69, 9.17) is 14.9 Å². The molecule has 0 bridgehead atoms. The van der Waals surface area contributed by atoms with Gasteiger partial charge in [-0.25, -0.2) is 4.98 Å². The number of nitrogens with two attached hydrogens (primary N) is 1. The van der Waals surface area contributed by atoms with Crippen LogP contribution < -0.4 is 15.8 Å². The molecule has 1 unspecified atom stereocenters. The van der Waals surface area contributed by atoms with Gasteiger partial charge in [0.15, 0.2) is 11.3 Å². The van der Waals surface area contributed by atoms with Gasteiger partial charge in [-0.15, -0.1) is 0 Å². The van der Waals surface area contributed by atoms with E-state index in [1.165, 1.54) is 12.4 Å². The number of nitrogens with zero attached hydrogens (tertiary/aromatic N) is 2. The second kappa shape index (κ2) is 5.96. The Hall–Kier alpha value is -3.09. The summed E-state index contributed by atoms with van der Waals surface area (Å²) in [5.41, 5.74) is 6.00. The van der Waals surface area contributed by atoms with Crippen molar-refractivity contribution < 1.29 is 13.9 Å². The molecule has 0 aliphatic carbocycles. The van der Waals surface area contributed by atoms with Crippen molar-refractivity contribution in [1.29, 1.82) is 0 Å². The molecule has 3 aromatic rings. The molecule has 0 aliphatic rings. The van der Waals surface area contributed by atoms with Crippen LogP contribution >= 0.6 is 0 Å². The third kappa shape index (κ3) is 2.94. The first-order chi connectivity index (χ1) is 11.1. The van der Waals surface area contributed by atoms with Gasteiger partial charge in [0.25, 0.3) is 5.91 Å². The van der Waals surface area contributed by atoms with Crippen LogP contribution in [0.2, 0.25) is 0 Å². The fourth-order valence-corrected chi connectivity index (χ4v) is 2.28. The number of carbonyl (C=O) groups is 1. The van der Waals surface area contributed by atoms with E-state index in [1.807, 2.05) is 31.2 Å². The number of benzene rings is 1. The first kappa shape index (κ1) is 14.8. The fourth-order valence-electron chi connectivity index (χ4n) is 2.28. The van der Waals surface area contributed by atoms with Crippen molar-refractivity contribution in [2.45, 2.75) is 13.0 Å². The topological polar surface area (TPSA) is 103 Å². The highest BCUT2D eigenvalue weighted by Gasteiger charge is 2.15. The van der Waals surface area contributed by atoms with Crippen molar-refractivity contribution in [3.05, 3.63) is 48.1 Å². The molecule has 3 rings (SSSR count). The first-order valence-electron chi connectivity index (χ1n) is 7.03. The number of furan rings is 1. The van der Waals surface area contributed by atoms with Crippen molar-refractivity contribution in [3.8, 4) is 5.75 Å². The van der Waals surface area contributed by atoms with Gasteiger partial charge >= 0.3 is 0 Å². The number of methoxy groups -OCH3 is 1. The zero-order valence-corrected chi connectivity index (χ0v) is 12.7. The molecular weight excluding hydrogens is 296 g/mol. The largest absolute Gasteiger partial charge is 0.493 e. The number of aromatic nitrogens is 2. The van der Waals surface area contributed by atoms with Gasteiger partial charge in [0.05, 0.1) is 25.5 Å². The fraction of sp³-hybridized carbons (Fsp3) is 0.188. The molecule has 7 nitrogen and oxygen atoms in total. The van der Waals surface area contributed by atoms with E-state index in [2.05, 4.69) is 15.3 Å². The second-order valence-electron chi connectivity index (χ2n) is 5.05. The summed E-state index contributed by atoms with van der Waals surface area (Å²) in [5, 5.41) is 4.08. The molecular formula is C16H16N4O3. The Morgan fingerprint density at radius 3 is 2.96 bits per heavy atom. The van der Waals surface area contributed by atoms with Crippen molar-refractivity contribution in [1.82, 2.24) is 9.97 Å². The Morgan fingerprint density at radius 2 is 2.22 bits per heavy atom. The molecule has 0 aliphatic heterocycles. The van der Waals surface area contributed by atoms with Crippen LogP contribution in [0.25, 0.3) is 11.0 Å². The zero-order chi connectivity index (χ0) is 16.4. The normalized spacial score (nSPS) is 12.1. The Morgan fingerprint density at radius 1 is 1.39 bits per heavy atom. The standard InChI is InChI=1S/C16H16N4O3/c1-9(19-14-8-18-7-11(20-14)16(17)21)13-6-10-4-3-5-12(22-2)15(10)23-13/h3-9H,1-2H3,(H2,17,21)(H,19,20). The van der Waals surface area contributed by atoms with Gasteiger partial charge in [-0.1, -0.05) is 12.1 Å². The smallest absolute Gasteiger partial charge is 0.268 e. The lowest BCUT2D eigenvalue weighted by molar-refractivity contribution is 0.0995. The van der Waals surface area contributed by atoms with Gasteiger partial charge in [0.2, 0.25) is 0 Å². The lowest BCUT2D eigenvalue weighted by Crippen LogP contribution is -2.15. The monoisotopic (exact) mass is 312 g/mol. The van der Waals surface area contributed by atoms with Crippen LogP contribution in [0.4, 0.5) is 5.82 Å². The summed E-state index contributed by atoms with van der Waals surface area (Å²) in [6.45, 7) is 1.92. The van der Waals surface area contributed by atoms with E-state index in [1.54, 1.807) is 7.11 Å². The van der Waals surface area contributed by atoms with Crippen LogP contribution in [0, 0.1) is 0 Å². The molecule has 1 aromatic carbocycles. The minimum atomic E-state index is -0.623. The number of primary amides is 1. The highest BCUT2D eigenvalue weighted by molar-refractivity contribution is 5.90. The van der Waals surface area contributed by atoms with Gasteiger partial charge in [-0.3, -0.25) is 9.78 Å². The Bertz CT molecular complexity index is 859. The van der Waals surface area contributed by atoms with Crippen molar-refractivity contribution in [2.24, 2.45) is 5.73 Å². The van der Waals surface area contributed by atoms with E-state index < -0.39 is 5.91 Å². The summed E-state index contributed by atoms with van der Waals surface area (Å²) in [4.78, 5) is 19.2. The van der Waals surface area contributed by atoms with Gasteiger partial charge in [-0.2, -0.15) is 0 Å². The Kier molecular flexibility index (Phi) is 3.84. The van der Waals surface area contributed by atoms with Crippen LogP contribution in [0.1, 0.15) is 29.2 Å². The number of fused-ring (bicyclic) bond motifs is 1. The zero-order valence-electron chi connectivity index (χ0n) is 12.7. The van der Waals surface area contributed by atoms with Crippen molar-refractivity contribution >= 4 is 22.7 Å². The summed E-state index contributed by atoms with van der Waals surface area (Å²) < 4.78 is 11.2. The molecule has 118 valence electrons. The molecule has 7 heteroatoms. The Labute approximate surface area is 132 Å². The Balaban J connectivity index is 1.87. The van der Waals surface area contributed by atoms with Crippen molar-refractivity contribution in [2.75, 3.05) is 12.4 Å². The molecule has 2 aromatic heterocycles. The third-order valence-corrected chi connectivity index (χ3v) is 3.43. The average Bonchev–Trinajstić information content (AvgIpc) is 2.99. The minimum Gasteiger partial charge on any atom is -0.493 e. The van der Waals surface area contributed by atoms with Gasteiger partial charge in [0.1, 0.15) is 17.3 Å². The number of para-hydroxylation sites is 1. The van der Waals surface area contributed by atoms with Crippen LogP contribution in [0.5, 0.6) is 5.75 Å². The van der Waals surface area contributed by atoms with E-state index in [0.717, 1.165) is 11.1 Å². The third-order valence-electron chi connectivity index (χ3n) is 3.43. The van der Waals surface area contributed by atoms with Crippen LogP contribution in [-0.2, 0) is 0 Å². The number of hydrogen-bond donors (Lipinski definition) is 2. The highest BCUT2D eigenvalue weighted by Crippen LogP contribution is 2.31. The quantitative estimate of drug-likeness (QED) is 0.750. The van der Waals surface area contributed by atoms with E-state index in [-0.39, 0.29) is 11.7 Å². The first-order valence-corrected chi connectivity index (χ1v) is 7.03. The number of carbonyl (C=O) groups excluding carboxylic acids is 1. The van der Waals surface area contributed by atoms with E-state index in [9.17, 15) is 4.79 Å². The van der Waals surface area contributed by atoms with E-state index >= 15 is 0 Å². The minimum absolute atomic E-state index is 0.105. The molecule has 0 radical (unpaired) electrons. The maximum Gasteiger partial charge on any atom is 0.268 e. The summed E-state index contributed by atoms with van der Waals surface area (Å²) >= 11 is 0. The molecule has 2 heterocycles. The molecule has 1 atom stereocenters. The lowest BCUT2D eigenvalue weighted by Gasteiger charge is -2.11. The van der Waals surface area contributed by atoms with Crippen LogP contribution in [0.15, 0.2) is 41.1 Å². The summed E-state index contributed by atoms with van der Waals surface area (Å²) in [6, 6.07) is 7.45. The number of amides is 1. The summed E-state index contributed by atoms with van der Waals surface area (Å²) in [5.74, 6) is 1.22. The number of ether oxygens (including phenoxy) is 1.